The van der Waals surface area contributed by atoms with Crippen molar-refractivity contribution in [2.45, 2.75) is 77.0 Å². The first kappa shape index (κ1) is 22.9. The molecular weight excluding hydrogens is 374 g/mol. The van der Waals surface area contributed by atoms with Crippen molar-refractivity contribution >= 4 is 8.32 Å². The molecule has 1 heterocycles. The Bertz CT molecular complexity index is 674. The second kappa shape index (κ2) is 9.39. The average molecular weight is 408 g/mol. The lowest BCUT2D eigenvalue weighted by Crippen LogP contribution is -2.58. The summed E-state index contributed by atoms with van der Waals surface area (Å²) in [6.45, 7) is 13.2. The van der Waals surface area contributed by atoms with Gasteiger partial charge in [-0.25, -0.2) is 0 Å². The van der Waals surface area contributed by atoms with Gasteiger partial charge >= 0.3 is 0 Å². The third kappa shape index (κ3) is 5.56. The third-order valence-electron chi connectivity index (χ3n) is 5.84. The van der Waals surface area contributed by atoms with Gasteiger partial charge in [0.2, 0.25) is 0 Å². The van der Waals surface area contributed by atoms with Gasteiger partial charge in [-0.3, -0.25) is 0 Å². The molecule has 156 valence electrons. The number of ether oxygens (including phenoxy) is 2. The molecule has 0 saturated carbocycles. The fraction of sp³-hybridized carbons (Fsp3) is 0.700. The van der Waals surface area contributed by atoms with Gasteiger partial charge in [-0.15, -0.1) is 0 Å². The molecule has 0 aromatic heterocycles. The van der Waals surface area contributed by atoms with E-state index in [4.69, 9.17) is 19.4 Å². The van der Waals surface area contributed by atoms with Crippen molar-refractivity contribution in [3.05, 3.63) is 46.3 Å². The molecule has 28 heavy (non-hydrogen) atoms. The summed E-state index contributed by atoms with van der Waals surface area (Å²) in [5.41, 5.74) is 10.0. The van der Waals surface area contributed by atoms with Gasteiger partial charge in [-0.2, -0.15) is 0 Å². The SMILES string of the molecule is C[C@@H]1C(N=[N+]=[N-])[C@H](O[Si](C)(C)C(C)(C)C)OC(COCc2ccccc2)[C@H]1O. The highest BCUT2D eigenvalue weighted by Gasteiger charge is 2.47. The fourth-order valence-corrected chi connectivity index (χ4v) is 4.04. The molecule has 1 aliphatic heterocycles. The van der Waals surface area contributed by atoms with Crippen LogP contribution in [-0.2, 0) is 20.5 Å². The maximum absolute atomic E-state index is 10.7. The predicted octanol–water partition coefficient (Wildman–Crippen LogP) is 4.63. The molecule has 1 saturated heterocycles. The molecule has 0 radical (unpaired) electrons. The Hall–Kier alpha value is -1.41. The molecule has 0 bridgehead atoms. The average Bonchev–Trinajstić information content (AvgIpc) is 2.62. The molecule has 7 nitrogen and oxygen atoms in total. The number of nitrogens with zero attached hydrogens (tertiary/aromatic N) is 3. The van der Waals surface area contributed by atoms with E-state index in [1.54, 1.807) is 0 Å². The topological polar surface area (TPSA) is 96.7 Å². The summed E-state index contributed by atoms with van der Waals surface area (Å²) in [5, 5.41) is 14.5. The molecule has 0 amide bonds. The highest BCUT2D eigenvalue weighted by molar-refractivity contribution is 6.74. The van der Waals surface area contributed by atoms with Gasteiger partial charge < -0.3 is 19.0 Å². The van der Waals surface area contributed by atoms with Gasteiger partial charge in [0.05, 0.1) is 25.4 Å². The molecule has 5 atom stereocenters. The van der Waals surface area contributed by atoms with Gasteiger partial charge in [0, 0.05) is 4.91 Å². The molecule has 0 aliphatic carbocycles. The Morgan fingerprint density at radius 3 is 2.46 bits per heavy atom. The highest BCUT2D eigenvalue weighted by Crippen LogP contribution is 2.40. The van der Waals surface area contributed by atoms with Gasteiger partial charge in [-0.1, -0.05) is 63.1 Å². The first-order valence-corrected chi connectivity index (χ1v) is 12.6. The number of aliphatic hydroxyl groups excluding tert-OH is 1. The minimum Gasteiger partial charge on any atom is -0.392 e. The van der Waals surface area contributed by atoms with Crippen LogP contribution >= 0.6 is 0 Å². The van der Waals surface area contributed by atoms with Crippen LogP contribution in [0.15, 0.2) is 35.4 Å². The zero-order valence-corrected chi connectivity index (χ0v) is 18.7. The lowest BCUT2D eigenvalue weighted by molar-refractivity contribution is -0.231. The van der Waals surface area contributed by atoms with Crippen LogP contribution in [0.5, 0.6) is 0 Å². The maximum Gasteiger partial charge on any atom is 0.195 e. The first-order chi connectivity index (χ1) is 13.1. The van der Waals surface area contributed by atoms with Crippen LogP contribution in [0.1, 0.15) is 33.3 Å². The largest absolute Gasteiger partial charge is 0.392 e. The summed E-state index contributed by atoms with van der Waals surface area (Å²) in [7, 11) is -2.16. The quantitative estimate of drug-likeness (QED) is 0.308. The molecule has 1 fully saturated rings. The Morgan fingerprint density at radius 2 is 1.89 bits per heavy atom. The van der Waals surface area contributed by atoms with Crippen molar-refractivity contribution in [2.24, 2.45) is 11.0 Å². The predicted molar refractivity (Wildman–Crippen MR) is 111 cm³/mol. The molecule has 2 rings (SSSR count). The van der Waals surface area contributed by atoms with Crippen LogP contribution in [0.2, 0.25) is 18.1 Å². The Balaban J connectivity index is 2.10. The van der Waals surface area contributed by atoms with E-state index in [0.717, 1.165) is 5.56 Å². The fourth-order valence-electron chi connectivity index (χ4n) is 2.91. The van der Waals surface area contributed by atoms with E-state index in [1.807, 2.05) is 37.3 Å². The van der Waals surface area contributed by atoms with Crippen molar-refractivity contribution in [2.75, 3.05) is 6.61 Å². The smallest absolute Gasteiger partial charge is 0.195 e. The minimum absolute atomic E-state index is 0.0180. The van der Waals surface area contributed by atoms with E-state index in [-0.39, 0.29) is 17.6 Å². The van der Waals surface area contributed by atoms with Crippen LogP contribution in [0.3, 0.4) is 0 Å². The van der Waals surface area contributed by atoms with Crippen LogP contribution in [0.25, 0.3) is 10.4 Å². The molecule has 1 aromatic carbocycles. The van der Waals surface area contributed by atoms with E-state index in [0.29, 0.717) is 6.61 Å². The lowest BCUT2D eigenvalue weighted by atomic mass is 9.89. The van der Waals surface area contributed by atoms with Crippen molar-refractivity contribution in [1.82, 2.24) is 0 Å². The van der Waals surface area contributed by atoms with Crippen molar-refractivity contribution in [3.8, 4) is 0 Å². The minimum atomic E-state index is -2.16. The maximum atomic E-state index is 10.7. The number of aliphatic hydroxyl groups is 1. The number of hydrogen-bond donors (Lipinski definition) is 1. The Labute approximate surface area is 168 Å². The number of azide groups is 1. The summed E-state index contributed by atoms with van der Waals surface area (Å²) in [6.07, 6.45) is -2.04. The molecule has 1 aromatic rings. The summed E-state index contributed by atoms with van der Waals surface area (Å²) in [5.74, 6) is -0.301. The van der Waals surface area contributed by atoms with E-state index >= 15 is 0 Å². The lowest BCUT2D eigenvalue weighted by Gasteiger charge is -2.46. The van der Waals surface area contributed by atoms with Crippen molar-refractivity contribution in [3.63, 3.8) is 0 Å². The molecule has 8 heteroatoms. The van der Waals surface area contributed by atoms with E-state index in [1.165, 1.54) is 0 Å². The van der Waals surface area contributed by atoms with E-state index < -0.39 is 32.9 Å². The normalized spacial score (nSPS) is 28.6. The third-order valence-corrected chi connectivity index (χ3v) is 10.3. The Morgan fingerprint density at radius 1 is 1.25 bits per heavy atom. The van der Waals surface area contributed by atoms with Crippen LogP contribution in [0, 0.1) is 5.92 Å². The van der Waals surface area contributed by atoms with E-state index in [9.17, 15) is 5.11 Å². The molecule has 1 aliphatic rings. The standard InChI is InChI=1S/C20H33N3O4Si/c1-14-17(22-23-21)19(27-28(5,6)20(2,3)4)26-16(18(14)24)13-25-12-15-10-8-7-9-11-15/h7-11,14,16-19,24H,12-13H2,1-6H3/t14-,16?,17?,18+,19+/m1/s1. The second-order valence-corrected chi connectivity index (χ2v) is 13.7. The number of benzene rings is 1. The van der Waals surface area contributed by atoms with Gasteiger partial charge in [0.15, 0.2) is 14.6 Å². The van der Waals surface area contributed by atoms with Gasteiger partial charge in [-0.05, 0) is 35.1 Å². The first-order valence-electron chi connectivity index (χ1n) is 9.74. The van der Waals surface area contributed by atoms with Crippen LogP contribution < -0.4 is 0 Å². The van der Waals surface area contributed by atoms with E-state index in [2.05, 4.69) is 43.9 Å². The summed E-state index contributed by atoms with van der Waals surface area (Å²) >= 11 is 0. The van der Waals surface area contributed by atoms with Crippen LogP contribution in [0.4, 0.5) is 0 Å². The van der Waals surface area contributed by atoms with Crippen molar-refractivity contribution in [1.29, 1.82) is 0 Å². The number of hydrogen-bond acceptors (Lipinski definition) is 5. The summed E-state index contributed by atoms with van der Waals surface area (Å²) in [6, 6.07) is 9.27. The van der Waals surface area contributed by atoms with Crippen molar-refractivity contribution < 1.29 is 19.0 Å². The molecule has 0 spiro atoms. The highest BCUT2D eigenvalue weighted by atomic mass is 28.4. The zero-order valence-electron chi connectivity index (χ0n) is 17.7. The summed E-state index contributed by atoms with van der Waals surface area (Å²) in [4.78, 5) is 2.95. The Kier molecular flexibility index (Phi) is 7.67. The molecule has 1 N–H and O–H groups in total. The van der Waals surface area contributed by atoms with Gasteiger partial charge in [0.1, 0.15) is 6.10 Å². The molecule has 2 unspecified atom stereocenters. The monoisotopic (exact) mass is 407 g/mol. The van der Waals surface area contributed by atoms with Crippen LogP contribution in [-0.4, -0.2) is 44.6 Å². The molecular formula is C20H33N3O4Si. The van der Waals surface area contributed by atoms with Gasteiger partial charge in [0.25, 0.3) is 0 Å². The number of rotatable bonds is 7. The second-order valence-electron chi connectivity index (χ2n) is 8.97. The zero-order chi connectivity index (χ0) is 20.9. The summed E-state index contributed by atoms with van der Waals surface area (Å²) < 4.78 is 18.3.